The summed E-state index contributed by atoms with van der Waals surface area (Å²) in [6.45, 7) is 3.74. The van der Waals surface area contributed by atoms with E-state index in [1.165, 1.54) is 24.0 Å². The van der Waals surface area contributed by atoms with E-state index in [2.05, 4.69) is 26.8 Å². The predicted molar refractivity (Wildman–Crippen MR) is 141 cm³/mol. The van der Waals surface area contributed by atoms with Crippen molar-refractivity contribution in [1.82, 2.24) is 5.43 Å². The quantitative estimate of drug-likeness (QED) is 0.162. The van der Waals surface area contributed by atoms with Crippen molar-refractivity contribution in [3.05, 3.63) is 94.0 Å². The second-order valence-corrected chi connectivity index (χ2v) is 10.3. The maximum absolute atomic E-state index is 13.0. The van der Waals surface area contributed by atoms with Crippen LogP contribution in [-0.4, -0.2) is 20.6 Å². The Morgan fingerprint density at radius 2 is 1.82 bits per heavy atom. The van der Waals surface area contributed by atoms with Crippen molar-refractivity contribution < 1.29 is 8.42 Å². The molecule has 3 aromatic rings. The van der Waals surface area contributed by atoms with E-state index in [-0.39, 0.29) is 10.9 Å². The van der Waals surface area contributed by atoms with Crippen molar-refractivity contribution in [3.63, 3.8) is 0 Å². The Hall–Kier alpha value is -3.25. The molecule has 0 spiro atoms. The normalized spacial score (nSPS) is 11.8. The number of benzene rings is 3. The molecule has 0 unspecified atom stereocenters. The molecule has 0 fully saturated rings. The fraction of sp³-hybridized carbons (Fsp3) is 0.120. The van der Waals surface area contributed by atoms with Crippen molar-refractivity contribution in [2.24, 2.45) is 15.2 Å². The first-order chi connectivity index (χ1) is 16.2. The molecule has 0 aromatic heterocycles. The van der Waals surface area contributed by atoms with Gasteiger partial charge in [-0.05, 0) is 55.2 Å². The zero-order valence-electron chi connectivity index (χ0n) is 18.6. The number of nitrogens with one attached hydrogen (secondary N) is 1. The minimum atomic E-state index is -4.12. The molecule has 0 bridgehead atoms. The molecule has 0 aliphatic rings. The van der Waals surface area contributed by atoms with Gasteiger partial charge in [-0.3, -0.25) is 0 Å². The molecule has 3 aromatic carbocycles. The number of thioether (sulfide) groups is 1. The number of rotatable bonds is 6. The zero-order chi connectivity index (χ0) is 24.6. The molecule has 9 heteroatoms. The first-order valence-corrected chi connectivity index (χ1v) is 13.0. The van der Waals surface area contributed by atoms with Crippen LogP contribution in [0, 0.1) is 25.7 Å². The molecule has 0 atom stereocenters. The van der Waals surface area contributed by atoms with Gasteiger partial charge in [0.2, 0.25) is 5.96 Å². The molecule has 0 amide bonds. The van der Waals surface area contributed by atoms with Crippen LogP contribution in [-0.2, 0) is 15.8 Å². The van der Waals surface area contributed by atoms with Gasteiger partial charge < -0.3 is 5.73 Å². The van der Waals surface area contributed by atoms with Crippen LogP contribution < -0.4 is 11.2 Å². The van der Waals surface area contributed by atoms with Gasteiger partial charge >= 0.3 is 0 Å². The maximum atomic E-state index is 13.0. The van der Waals surface area contributed by atoms with Gasteiger partial charge in [-0.2, -0.15) is 13.5 Å². The third-order valence-electron chi connectivity index (χ3n) is 4.53. The summed E-state index contributed by atoms with van der Waals surface area (Å²) in [4.78, 5) is 0.522. The second kappa shape index (κ2) is 11.7. The molecule has 0 aliphatic carbocycles. The Morgan fingerprint density at radius 1 is 1.12 bits per heavy atom. The average Bonchev–Trinajstić information content (AvgIpc) is 2.80. The minimum Gasteiger partial charge on any atom is -0.368 e. The Bertz CT molecular complexity index is 1380. The van der Waals surface area contributed by atoms with Crippen LogP contribution in [0.25, 0.3) is 0 Å². The first-order valence-electron chi connectivity index (χ1n) is 10.2. The van der Waals surface area contributed by atoms with Gasteiger partial charge in [-0.25, -0.2) is 5.43 Å². The molecule has 0 saturated heterocycles. The smallest absolute Gasteiger partial charge is 0.286 e. The molecule has 0 heterocycles. The summed E-state index contributed by atoms with van der Waals surface area (Å²) < 4.78 is 29.7. The summed E-state index contributed by atoms with van der Waals surface area (Å²) in [6, 6.07) is 20.5. The molecule has 34 heavy (non-hydrogen) atoms. The van der Waals surface area contributed by atoms with E-state index in [0.717, 1.165) is 16.7 Å². The fourth-order valence-corrected chi connectivity index (χ4v) is 5.44. The molecule has 0 saturated carbocycles. The summed E-state index contributed by atoms with van der Waals surface area (Å²) >= 11 is 7.64. The van der Waals surface area contributed by atoms with E-state index in [0.29, 0.717) is 21.2 Å². The lowest BCUT2D eigenvalue weighted by molar-refractivity contribution is 0.595. The lowest BCUT2D eigenvalue weighted by Gasteiger charge is -2.11. The predicted octanol–water partition coefficient (Wildman–Crippen LogP) is 4.88. The second-order valence-electron chi connectivity index (χ2n) is 7.28. The molecule has 6 nitrogen and oxygen atoms in total. The van der Waals surface area contributed by atoms with Gasteiger partial charge in [0.1, 0.15) is 4.90 Å². The Kier molecular flexibility index (Phi) is 8.77. The third-order valence-corrected chi connectivity index (χ3v) is 7.53. The van der Waals surface area contributed by atoms with Crippen LogP contribution in [0.5, 0.6) is 0 Å². The SMILES string of the molecule is Cc1ccc(CSc2cc(Cl)c(C)cc2S(=O)(=O)N=C(N)N/N=C/C#Cc2ccccc2)cc1. The monoisotopic (exact) mass is 510 g/mol. The number of sulfonamides is 1. The lowest BCUT2D eigenvalue weighted by atomic mass is 10.2. The van der Waals surface area contributed by atoms with Crippen LogP contribution in [0.4, 0.5) is 0 Å². The molecule has 174 valence electrons. The Morgan fingerprint density at radius 3 is 2.53 bits per heavy atom. The van der Waals surface area contributed by atoms with E-state index in [9.17, 15) is 8.42 Å². The number of hydrogen-bond acceptors (Lipinski definition) is 4. The maximum Gasteiger partial charge on any atom is 0.286 e. The zero-order valence-corrected chi connectivity index (χ0v) is 21.0. The Labute approximate surface area is 209 Å². The van der Waals surface area contributed by atoms with Crippen molar-refractivity contribution >= 4 is 45.6 Å². The number of nitrogens with two attached hydrogens (primary N) is 1. The lowest BCUT2D eigenvalue weighted by Crippen LogP contribution is -2.28. The number of hydrogen-bond donors (Lipinski definition) is 2. The summed E-state index contributed by atoms with van der Waals surface area (Å²) in [6.07, 6.45) is 1.28. The van der Waals surface area contributed by atoms with E-state index in [4.69, 9.17) is 17.3 Å². The largest absolute Gasteiger partial charge is 0.368 e. The average molecular weight is 511 g/mol. The molecular formula is C25H23ClN4O2S2. The summed E-state index contributed by atoms with van der Waals surface area (Å²) in [5.74, 6) is 5.81. The van der Waals surface area contributed by atoms with E-state index < -0.39 is 10.0 Å². The van der Waals surface area contributed by atoms with Gasteiger partial charge in [0.25, 0.3) is 10.0 Å². The van der Waals surface area contributed by atoms with Gasteiger partial charge in [0.05, 0.1) is 6.21 Å². The number of hydrazone groups is 1. The summed E-state index contributed by atoms with van der Waals surface area (Å²) in [5.41, 5.74) is 11.8. The number of halogens is 1. The summed E-state index contributed by atoms with van der Waals surface area (Å²) in [5, 5.41) is 4.28. The summed E-state index contributed by atoms with van der Waals surface area (Å²) in [7, 11) is -4.12. The van der Waals surface area contributed by atoms with E-state index in [1.54, 1.807) is 13.0 Å². The molecule has 3 N–H and O–H groups in total. The standard InChI is InChI=1S/C25H23ClN4O2S2/c1-18-10-12-21(13-11-18)17-33-23-16-22(26)19(2)15-24(23)34(31,32)30-25(27)29-28-14-6-9-20-7-4-3-5-8-20/h3-5,7-8,10-16H,17H2,1-2H3,(H3,27,29,30)/b28-14+. The molecule has 0 radical (unpaired) electrons. The van der Waals surface area contributed by atoms with Crippen molar-refractivity contribution in [2.45, 2.75) is 29.4 Å². The van der Waals surface area contributed by atoms with Crippen LogP contribution in [0.1, 0.15) is 22.3 Å². The van der Waals surface area contributed by atoms with Gasteiger partial charge in [-0.15, -0.1) is 16.2 Å². The van der Waals surface area contributed by atoms with E-state index in [1.807, 2.05) is 61.5 Å². The minimum absolute atomic E-state index is 0.0316. The van der Waals surface area contributed by atoms with Crippen LogP contribution in [0.15, 0.2) is 86.0 Å². The van der Waals surface area contributed by atoms with Crippen LogP contribution >= 0.6 is 23.4 Å². The number of guanidine groups is 1. The van der Waals surface area contributed by atoms with Gasteiger partial charge in [0.15, 0.2) is 0 Å². The molecule has 0 aliphatic heterocycles. The van der Waals surface area contributed by atoms with Crippen LogP contribution in [0.2, 0.25) is 5.02 Å². The van der Waals surface area contributed by atoms with Crippen molar-refractivity contribution in [2.75, 3.05) is 0 Å². The highest BCUT2D eigenvalue weighted by Gasteiger charge is 2.21. The third kappa shape index (κ3) is 7.39. The highest BCUT2D eigenvalue weighted by atomic mass is 35.5. The van der Waals surface area contributed by atoms with E-state index >= 15 is 0 Å². The first kappa shape index (κ1) is 25.4. The van der Waals surface area contributed by atoms with Crippen molar-refractivity contribution in [1.29, 1.82) is 0 Å². The highest BCUT2D eigenvalue weighted by molar-refractivity contribution is 7.99. The molecule has 3 rings (SSSR count). The van der Waals surface area contributed by atoms with Gasteiger partial charge in [-0.1, -0.05) is 65.5 Å². The van der Waals surface area contributed by atoms with Gasteiger partial charge in [0, 0.05) is 21.2 Å². The van der Waals surface area contributed by atoms with Crippen LogP contribution in [0.3, 0.4) is 0 Å². The topological polar surface area (TPSA) is 96.9 Å². The fourth-order valence-electron chi connectivity index (χ4n) is 2.76. The molecular weight excluding hydrogens is 488 g/mol. The Balaban J connectivity index is 1.76. The van der Waals surface area contributed by atoms with Crippen molar-refractivity contribution in [3.8, 4) is 11.8 Å². The highest BCUT2D eigenvalue weighted by Crippen LogP contribution is 2.34. The number of nitrogens with zero attached hydrogens (tertiary/aromatic N) is 2. The number of aryl methyl sites for hydroxylation is 2.